The molecule has 3 rings (SSSR count). The van der Waals surface area contributed by atoms with Crippen LogP contribution in [-0.4, -0.2) is 71.6 Å². The topological polar surface area (TPSA) is 105 Å². The molecule has 3 N–H and O–H groups in total. The summed E-state index contributed by atoms with van der Waals surface area (Å²) in [5, 5.41) is 35.2. The van der Waals surface area contributed by atoms with Gasteiger partial charge in [0.2, 0.25) is 5.79 Å². The van der Waals surface area contributed by atoms with Crippen molar-refractivity contribution >= 4 is 5.78 Å². The standard InChI is InChI=1S/C20H34O7/c1-12-6-7-15(21)14-8-13(11-25-3)9-18(23)16(19(12,14)24)10-17(2,22)20(18,26-4)27-5/h12-14,16,22-24H,6-11H2,1-5H3/t12-,13-,14+,16-,17+,18-,19-/m1/s1. The van der Waals surface area contributed by atoms with Crippen LogP contribution in [0.15, 0.2) is 0 Å². The number of hydrogen-bond acceptors (Lipinski definition) is 7. The molecular formula is C20H34O7. The van der Waals surface area contributed by atoms with Crippen LogP contribution >= 0.6 is 0 Å². The van der Waals surface area contributed by atoms with Crippen molar-refractivity contribution in [1.29, 1.82) is 0 Å². The lowest BCUT2D eigenvalue weighted by Crippen LogP contribution is -2.67. The first-order chi connectivity index (χ1) is 12.5. The van der Waals surface area contributed by atoms with Crippen molar-refractivity contribution in [2.45, 2.75) is 68.5 Å². The number of methoxy groups -OCH3 is 3. The predicted molar refractivity (Wildman–Crippen MR) is 96.9 cm³/mol. The zero-order chi connectivity index (χ0) is 20.3. The van der Waals surface area contributed by atoms with Gasteiger partial charge >= 0.3 is 0 Å². The number of ether oxygens (including phenoxy) is 3. The van der Waals surface area contributed by atoms with E-state index in [9.17, 15) is 20.1 Å². The number of carbonyl (C=O) groups excluding carboxylic acids is 1. The average molecular weight is 386 g/mol. The Hall–Kier alpha value is -0.570. The van der Waals surface area contributed by atoms with Gasteiger partial charge in [0.15, 0.2) is 0 Å². The van der Waals surface area contributed by atoms with Crippen LogP contribution < -0.4 is 0 Å². The smallest absolute Gasteiger partial charge is 0.226 e. The molecule has 27 heavy (non-hydrogen) atoms. The molecule has 7 heteroatoms. The minimum atomic E-state index is -1.71. The summed E-state index contributed by atoms with van der Waals surface area (Å²) in [5.74, 6) is -3.41. The van der Waals surface area contributed by atoms with Crippen LogP contribution in [0.4, 0.5) is 0 Å². The number of ketones is 1. The van der Waals surface area contributed by atoms with E-state index in [0.29, 0.717) is 25.9 Å². The lowest BCUT2D eigenvalue weighted by atomic mass is 9.59. The monoisotopic (exact) mass is 386 g/mol. The van der Waals surface area contributed by atoms with Gasteiger partial charge in [0.1, 0.15) is 17.0 Å². The number of carbonyl (C=O) groups is 1. The van der Waals surface area contributed by atoms with E-state index < -0.39 is 34.4 Å². The summed E-state index contributed by atoms with van der Waals surface area (Å²) < 4.78 is 16.6. The van der Waals surface area contributed by atoms with E-state index in [0.717, 1.165) is 0 Å². The third-order valence-corrected chi connectivity index (χ3v) is 7.72. The van der Waals surface area contributed by atoms with Gasteiger partial charge in [-0.05, 0) is 44.4 Å². The van der Waals surface area contributed by atoms with Crippen LogP contribution in [0.1, 0.15) is 46.0 Å². The first kappa shape index (κ1) is 21.1. The molecule has 0 heterocycles. The van der Waals surface area contributed by atoms with Crippen LogP contribution in [0.3, 0.4) is 0 Å². The summed E-state index contributed by atoms with van der Waals surface area (Å²) >= 11 is 0. The van der Waals surface area contributed by atoms with Crippen molar-refractivity contribution in [3.05, 3.63) is 0 Å². The van der Waals surface area contributed by atoms with Gasteiger partial charge in [0.25, 0.3) is 0 Å². The molecule has 0 bridgehead atoms. The zero-order valence-corrected chi connectivity index (χ0v) is 17.0. The van der Waals surface area contributed by atoms with Crippen molar-refractivity contribution < 1.29 is 34.3 Å². The Morgan fingerprint density at radius 1 is 1.11 bits per heavy atom. The van der Waals surface area contributed by atoms with Gasteiger partial charge in [0.05, 0.1) is 5.60 Å². The van der Waals surface area contributed by atoms with Crippen molar-refractivity contribution in [2.75, 3.05) is 27.9 Å². The molecule has 0 aliphatic heterocycles. The molecule has 0 spiro atoms. The number of fused-ring (bicyclic) bond motifs is 3. The van der Waals surface area contributed by atoms with E-state index in [4.69, 9.17) is 14.2 Å². The summed E-state index contributed by atoms with van der Waals surface area (Å²) in [5.41, 5.74) is -4.64. The minimum Gasteiger partial charge on any atom is -0.388 e. The third kappa shape index (κ3) is 2.59. The normalized spacial score (nSPS) is 49.4. The number of Topliss-reactive ketones (excluding diaryl/α,β-unsaturated/α-hetero) is 1. The molecule has 0 aromatic heterocycles. The maximum atomic E-state index is 12.8. The van der Waals surface area contributed by atoms with Crippen molar-refractivity contribution in [2.24, 2.45) is 23.7 Å². The fourth-order valence-electron chi connectivity index (χ4n) is 6.59. The molecule has 3 aliphatic carbocycles. The van der Waals surface area contributed by atoms with Gasteiger partial charge < -0.3 is 29.5 Å². The first-order valence-corrected chi connectivity index (χ1v) is 9.83. The van der Waals surface area contributed by atoms with E-state index >= 15 is 0 Å². The maximum absolute atomic E-state index is 12.8. The third-order valence-electron chi connectivity index (χ3n) is 7.72. The minimum absolute atomic E-state index is 0.0212. The molecule has 156 valence electrons. The molecule has 0 saturated heterocycles. The second kappa shape index (κ2) is 6.75. The van der Waals surface area contributed by atoms with E-state index in [2.05, 4.69) is 0 Å². The quantitative estimate of drug-likeness (QED) is 0.616. The van der Waals surface area contributed by atoms with Crippen LogP contribution in [0.2, 0.25) is 0 Å². The largest absolute Gasteiger partial charge is 0.388 e. The van der Waals surface area contributed by atoms with Crippen molar-refractivity contribution in [3.63, 3.8) is 0 Å². The van der Waals surface area contributed by atoms with Crippen LogP contribution in [0.25, 0.3) is 0 Å². The first-order valence-electron chi connectivity index (χ1n) is 9.83. The van der Waals surface area contributed by atoms with Crippen molar-refractivity contribution in [1.82, 2.24) is 0 Å². The van der Waals surface area contributed by atoms with E-state index in [1.165, 1.54) is 14.2 Å². The highest BCUT2D eigenvalue weighted by Gasteiger charge is 2.78. The van der Waals surface area contributed by atoms with Gasteiger partial charge in [-0.1, -0.05) is 6.92 Å². The molecule has 0 aromatic carbocycles. The van der Waals surface area contributed by atoms with E-state index in [-0.39, 0.29) is 30.5 Å². The Balaban J connectivity index is 2.22. The molecule has 7 nitrogen and oxygen atoms in total. The summed E-state index contributed by atoms with van der Waals surface area (Å²) in [7, 11) is 4.37. The highest BCUT2D eigenvalue weighted by atomic mass is 16.7. The Labute approximate surface area is 161 Å². The predicted octanol–water partition coefficient (Wildman–Crippen LogP) is 0.880. The molecule has 0 aromatic rings. The second-order valence-electron chi connectivity index (χ2n) is 9.09. The highest BCUT2D eigenvalue weighted by Crippen LogP contribution is 2.63. The molecule has 3 saturated carbocycles. The van der Waals surface area contributed by atoms with Gasteiger partial charge in [-0.3, -0.25) is 4.79 Å². The lowest BCUT2D eigenvalue weighted by Gasteiger charge is -2.51. The van der Waals surface area contributed by atoms with E-state index in [1.807, 2.05) is 6.92 Å². The van der Waals surface area contributed by atoms with Crippen LogP contribution in [0, 0.1) is 23.7 Å². The lowest BCUT2D eigenvalue weighted by molar-refractivity contribution is -0.353. The highest BCUT2D eigenvalue weighted by molar-refractivity contribution is 5.83. The summed E-state index contributed by atoms with van der Waals surface area (Å²) in [6.07, 6.45) is 1.72. The van der Waals surface area contributed by atoms with Gasteiger partial charge in [-0.2, -0.15) is 0 Å². The fraction of sp³-hybridized carbons (Fsp3) is 0.950. The Kier molecular flexibility index (Phi) is 5.28. The van der Waals surface area contributed by atoms with E-state index in [1.54, 1.807) is 14.0 Å². The molecule has 7 atom stereocenters. The Bertz CT molecular complexity index is 587. The maximum Gasteiger partial charge on any atom is 0.226 e. The molecule has 3 fully saturated rings. The zero-order valence-electron chi connectivity index (χ0n) is 17.0. The Morgan fingerprint density at radius 2 is 1.74 bits per heavy atom. The Morgan fingerprint density at radius 3 is 2.30 bits per heavy atom. The molecule has 3 aliphatic rings. The van der Waals surface area contributed by atoms with Crippen LogP contribution in [-0.2, 0) is 19.0 Å². The number of hydrogen-bond donors (Lipinski definition) is 3. The molecule has 0 amide bonds. The SMILES string of the molecule is COC[C@@H]1C[C@H]2C(=O)CC[C@@H](C)[C@]2(O)[C@@H]2C[C@](C)(O)C(OC)(OC)[C@@]2(O)C1. The number of rotatable bonds is 4. The molecular weight excluding hydrogens is 352 g/mol. The molecule has 0 radical (unpaired) electrons. The van der Waals surface area contributed by atoms with Crippen LogP contribution in [0.5, 0.6) is 0 Å². The van der Waals surface area contributed by atoms with Gasteiger partial charge in [0, 0.05) is 46.2 Å². The second-order valence-corrected chi connectivity index (χ2v) is 9.09. The molecule has 0 unspecified atom stereocenters. The van der Waals surface area contributed by atoms with Gasteiger partial charge in [-0.25, -0.2) is 0 Å². The van der Waals surface area contributed by atoms with Crippen molar-refractivity contribution in [3.8, 4) is 0 Å². The fourth-order valence-corrected chi connectivity index (χ4v) is 6.59. The average Bonchev–Trinajstić information content (AvgIpc) is 2.71. The van der Waals surface area contributed by atoms with Gasteiger partial charge in [-0.15, -0.1) is 0 Å². The summed E-state index contributed by atoms with van der Waals surface area (Å²) in [6, 6.07) is 0. The summed E-state index contributed by atoms with van der Waals surface area (Å²) in [4.78, 5) is 12.8. The number of aliphatic hydroxyl groups is 3. The summed E-state index contributed by atoms with van der Waals surface area (Å²) in [6.45, 7) is 3.82.